The minimum Gasteiger partial charge on any atom is -0.327 e. The van der Waals surface area contributed by atoms with Crippen LogP contribution < -0.4 is 5.32 Å². The van der Waals surface area contributed by atoms with E-state index in [4.69, 9.17) is 4.98 Å². The van der Waals surface area contributed by atoms with Crippen LogP contribution in [0.15, 0.2) is 36.9 Å². The lowest BCUT2D eigenvalue weighted by molar-refractivity contribution is 0.550. The molecule has 0 radical (unpaired) electrons. The molecule has 1 aromatic heterocycles. The number of hydrogen-bond acceptors (Lipinski definition) is 2. The molecule has 90 valence electrons. The molecule has 1 atom stereocenters. The smallest absolute Gasteiger partial charge is 0.126 e. The van der Waals surface area contributed by atoms with Crippen LogP contribution in [0, 0.1) is 0 Å². The fourth-order valence-electron chi connectivity index (χ4n) is 2.11. The van der Waals surface area contributed by atoms with Crippen LogP contribution >= 0.6 is 0 Å². The fraction of sp³-hybridized carbons (Fsp3) is 0.357. The van der Waals surface area contributed by atoms with Gasteiger partial charge in [-0.15, -0.1) is 6.58 Å². The third-order valence-electron chi connectivity index (χ3n) is 2.96. The maximum Gasteiger partial charge on any atom is 0.126 e. The molecule has 0 amide bonds. The van der Waals surface area contributed by atoms with Crippen LogP contribution in [-0.2, 0) is 6.54 Å². The molecule has 0 bridgehead atoms. The van der Waals surface area contributed by atoms with Crippen LogP contribution in [0.25, 0.3) is 11.0 Å². The maximum absolute atomic E-state index is 4.70. The average Bonchev–Trinajstić information content (AvgIpc) is 2.74. The number of aromatic nitrogens is 2. The summed E-state index contributed by atoms with van der Waals surface area (Å²) in [5, 5.41) is 3.38. The number of hydrogen-bond donors (Lipinski definition) is 1. The van der Waals surface area contributed by atoms with E-state index in [-0.39, 0.29) is 6.04 Å². The molecule has 0 aliphatic rings. The van der Waals surface area contributed by atoms with Crippen molar-refractivity contribution in [1.29, 1.82) is 0 Å². The second-order valence-electron chi connectivity index (χ2n) is 4.12. The third kappa shape index (κ3) is 2.24. The van der Waals surface area contributed by atoms with Gasteiger partial charge in [-0.2, -0.15) is 0 Å². The average molecular weight is 229 g/mol. The number of nitrogens with one attached hydrogen (secondary N) is 1. The van der Waals surface area contributed by atoms with Crippen molar-refractivity contribution < 1.29 is 0 Å². The summed E-state index contributed by atoms with van der Waals surface area (Å²) < 4.78 is 2.26. The fourth-order valence-corrected chi connectivity index (χ4v) is 2.11. The first-order valence-corrected chi connectivity index (χ1v) is 6.07. The maximum atomic E-state index is 4.70. The minimum absolute atomic E-state index is 0.236. The van der Waals surface area contributed by atoms with Crippen LogP contribution in [0.5, 0.6) is 0 Å². The number of fused-ring (bicyclic) bond motifs is 1. The Morgan fingerprint density at radius 1 is 1.47 bits per heavy atom. The summed E-state index contributed by atoms with van der Waals surface area (Å²) in [6.45, 7) is 9.75. The molecule has 2 aromatic rings. The molecule has 3 nitrogen and oxygen atoms in total. The first kappa shape index (κ1) is 11.9. The highest BCUT2D eigenvalue weighted by Gasteiger charge is 2.14. The van der Waals surface area contributed by atoms with Gasteiger partial charge in [0.25, 0.3) is 0 Å². The molecular formula is C14H19N3. The molecular weight excluding hydrogens is 210 g/mol. The number of imidazole rings is 1. The lowest BCUT2D eigenvalue weighted by atomic mass is 10.3. The molecule has 2 rings (SSSR count). The van der Waals surface area contributed by atoms with E-state index in [1.54, 1.807) is 0 Å². The Hall–Kier alpha value is -1.61. The van der Waals surface area contributed by atoms with Crippen molar-refractivity contribution in [1.82, 2.24) is 14.9 Å². The summed E-state index contributed by atoms with van der Waals surface area (Å²) in [6.07, 6.45) is 1.87. The van der Waals surface area contributed by atoms with Gasteiger partial charge in [-0.1, -0.05) is 18.2 Å². The summed E-state index contributed by atoms with van der Waals surface area (Å²) in [5.74, 6) is 1.09. The number of aryl methyl sites for hydroxylation is 1. The molecule has 1 N–H and O–H groups in total. The van der Waals surface area contributed by atoms with Gasteiger partial charge in [-0.25, -0.2) is 4.98 Å². The van der Waals surface area contributed by atoms with E-state index in [2.05, 4.69) is 48.5 Å². The quantitative estimate of drug-likeness (QED) is 0.799. The van der Waals surface area contributed by atoms with Crippen molar-refractivity contribution >= 4 is 11.0 Å². The second-order valence-corrected chi connectivity index (χ2v) is 4.12. The van der Waals surface area contributed by atoms with Gasteiger partial charge in [-0.05, 0) is 26.0 Å². The second kappa shape index (κ2) is 5.15. The topological polar surface area (TPSA) is 29.9 Å². The molecule has 1 heterocycles. The highest BCUT2D eigenvalue weighted by Crippen LogP contribution is 2.20. The highest BCUT2D eigenvalue weighted by atomic mass is 15.1. The van der Waals surface area contributed by atoms with E-state index >= 15 is 0 Å². The predicted octanol–water partition coefficient (Wildman–Crippen LogP) is 2.89. The standard InChI is InChI=1S/C14H19N3/c1-4-10-15-11(3)14-16-12-8-6-7-9-13(12)17(14)5-2/h4,6-9,11,15H,1,5,10H2,2-3H3. The molecule has 0 aliphatic carbocycles. The zero-order valence-corrected chi connectivity index (χ0v) is 10.5. The van der Waals surface area contributed by atoms with Gasteiger partial charge in [0.05, 0.1) is 17.1 Å². The normalized spacial score (nSPS) is 12.8. The Morgan fingerprint density at radius 3 is 2.94 bits per heavy atom. The van der Waals surface area contributed by atoms with Gasteiger partial charge in [0.15, 0.2) is 0 Å². The van der Waals surface area contributed by atoms with Gasteiger partial charge in [-0.3, -0.25) is 0 Å². The number of para-hydroxylation sites is 2. The Kier molecular flexibility index (Phi) is 3.59. The lowest BCUT2D eigenvalue weighted by Crippen LogP contribution is -2.21. The zero-order valence-electron chi connectivity index (χ0n) is 10.5. The van der Waals surface area contributed by atoms with E-state index in [1.165, 1.54) is 5.52 Å². The van der Waals surface area contributed by atoms with E-state index < -0.39 is 0 Å². The van der Waals surface area contributed by atoms with Crippen LogP contribution in [-0.4, -0.2) is 16.1 Å². The van der Waals surface area contributed by atoms with E-state index in [0.29, 0.717) is 0 Å². The zero-order chi connectivity index (χ0) is 12.3. The van der Waals surface area contributed by atoms with Crippen LogP contribution in [0.3, 0.4) is 0 Å². The van der Waals surface area contributed by atoms with Gasteiger partial charge in [0.1, 0.15) is 5.82 Å². The number of rotatable bonds is 5. The molecule has 0 saturated carbocycles. The number of benzene rings is 1. The molecule has 3 heteroatoms. The summed E-state index contributed by atoms with van der Waals surface area (Å²) >= 11 is 0. The third-order valence-corrected chi connectivity index (χ3v) is 2.96. The van der Waals surface area contributed by atoms with Gasteiger partial charge < -0.3 is 9.88 Å². The minimum atomic E-state index is 0.236. The van der Waals surface area contributed by atoms with Gasteiger partial charge in [0, 0.05) is 13.1 Å². The summed E-state index contributed by atoms with van der Waals surface area (Å²) in [7, 11) is 0. The van der Waals surface area contributed by atoms with Crippen LogP contribution in [0.1, 0.15) is 25.7 Å². The molecule has 1 unspecified atom stereocenters. The predicted molar refractivity (Wildman–Crippen MR) is 72.0 cm³/mol. The molecule has 0 saturated heterocycles. The molecule has 0 spiro atoms. The lowest BCUT2D eigenvalue weighted by Gasteiger charge is -2.13. The summed E-state index contributed by atoms with van der Waals surface area (Å²) in [5.41, 5.74) is 2.27. The van der Waals surface area contributed by atoms with Gasteiger partial charge in [0.2, 0.25) is 0 Å². The molecule has 0 aliphatic heterocycles. The summed E-state index contributed by atoms with van der Waals surface area (Å²) in [6, 6.07) is 8.50. The largest absolute Gasteiger partial charge is 0.327 e. The first-order chi connectivity index (χ1) is 8.27. The molecule has 0 fully saturated rings. The van der Waals surface area contributed by atoms with E-state index in [0.717, 1.165) is 24.4 Å². The highest BCUT2D eigenvalue weighted by molar-refractivity contribution is 5.76. The van der Waals surface area contributed by atoms with Crippen LogP contribution in [0.2, 0.25) is 0 Å². The number of nitrogens with zero attached hydrogens (tertiary/aromatic N) is 2. The van der Waals surface area contributed by atoms with E-state index in [9.17, 15) is 0 Å². The van der Waals surface area contributed by atoms with Crippen molar-refractivity contribution in [3.63, 3.8) is 0 Å². The summed E-state index contributed by atoms with van der Waals surface area (Å²) in [4.78, 5) is 4.70. The van der Waals surface area contributed by atoms with Crippen molar-refractivity contribution in [2.24, 2.45) is 0 Å². The molecule has 17 heavy (non-hydrogen) atoms. The molecule has 1 aromatic carbocycles. The Bertz CT molecular complexity index is 513. The van der Waals surface area contributed by atoms with Crippen molar-refractivity contribution in [2.75, 3.05) is 6.54 Å². The van der Waals surface area contributed by atoms with Crippen LogP contribution in [0.4, 0.5) is 0 Å². The first-order valence-electron chi connectivity index (χ1n) is 6.07. The Labute approximate surface area is 102 Å². The van der Waals surface area contributed by atoms with Crippen molar-refractivity contribution in [2.45, 2.75) is 26.4 Å². The van der Waals surface area contributed by atoms with Crippen molar-refractivity contribution in [3.05, 3.63) is 42.7 Å². The SMILES string of the molecule is C=CCNC(C)c1nc2ccccc2n1CC. The Balaban J connectivity index is 2.42. The van der Waals surface area contributed by atoms with E-state index in [1.807, 2.05) is 12.1 Å². The Morgan fingerprint density at radius 2 is 2.24 bits per heavy atom. The van der Waals surface area contributed by atoms with Gasteiger partial charge >= 0.3 is 0 Å². The monoisotopic (exact) mass is 229 g/mol. The van der Waals surface area contributed by atoms with Crippen molar-refractivity contribution in [3.8, 4) is 0 Å².